The van der Waals surface area contributed by atoms with Gasteiger partial charge in [-0.05, 0) is 18.9 Å². The second-order valence-corrected chi connectivity index (χ2v) is 6.35. The van der Waals surface area contributed by atoms with Crippen LogP contribution in [0.25, 0.3) is 0 Å². The van der Waals surface area contributed by atoms with Gasteiger partial charge in [0.05, 0.1) is 16.9 Å². The number of nitrogens with zero attached hydrogens (tertiary/aromatic N) is 2. The van der Waals surface area contributed by atoms with Gasteiger partial charge in [-0.25, -0.2) is 0 Å². The molecule has 5 nitrogen and oxygen atoms in total. The number of aromatic nitrogens is 1. The molecule has 7 heteroatoms. The Labute approximate surface area is 112 Å². The molecule has 1 saturated heterocycles. The average Bonchev–Trinajstić information content (AvgIpc) is 2.61. The number of hydrogen-bond acceptors (Lipinski definition) is 3. The number of nitrogens with one attached hydrogen (secondary N) is 1. The molecular formula is C11H16ClN3O2S. The zero-order valence-corrected chi connectivity index (χ0v) is 11.5. The topological polar surface area (TPSA) is 62.3 Å². The Morgan fingerprint density at radius 1 is 1.22 bits per heavy atom. The molecule has 1 aliphatic rings. The maximum Gasteiger partial charge on any atom is 0.301 e. The third-order valence-corrected chi connectivity index (χ3v) is 4.76. The molecule has 18 heavy (non-hydrogen) atoms. The van der Waals surface area contributed by atoms with Crippen molar-refractivity contribution < 1.29 is 8.42 Å². The monoisotopic (exact) mass is 289 g/mol. The number of rotatable bonds is 3. The highest BCUT2D eigenvalue weighted by Gasteiger charge is 2.23. The van der Waals surface area contributed by atoms with Crippen molar-refractivity contribution >= 4 is 27.5 Å². The Balaban J connectivity index is 2.13. The molecule has 100 valence electrons. The number of anilines is 1. The lowest BCUT2D eigenvalue weighted by Gasteiger charge is -2.20. The van der Waals surface area contributed by atoms with Crippen molar-refractivity contribution in [2.45, 2.75) is 25.7 Å². The molecule has 0 atom stereocenters. The van der Waals surface area contributed by atoms with Crippen molar-refractivity contribution in [1.82, 2.24) is 9.29 Å². The fraction of sp³-hybridized carbons (Fsp3) is 0.545. The van der Waals surface area contributed by atoms with Gasteiger partial charge in [-0.1, -0.05) is 24.4 Å². The van der Waals surface area contributed by atoms with E-state index < -0.39 is 10.2 Å². The number of pyridine rings is 1. The Hall–Kier alpha value is -0.850. The van der Waals surface area contributed by atoms with Crippen LogP contribution in [0.4, 0.5) is 5.69 Å². The summed E-state index contributed by atoms with van der Waals surface area (Å²) in [5, 5.41) is 0.350. The predicted octanol–water partition coefficient (Wildman–Crippen LogP) is 2.27. The van der Waals surface area contributed by atoms with E-state index in [0.29, 0.717) is 23.8 Å². The molecule has 1 aromatic rings. The second kappa shape index (κ2) is 5.86. The van der Waals surface area contributed by atoms with E-state index in [1.807, 2.05) is 0 Å². The first kappa shape index (κ1) is 13.6. The Morgan fingerprint density at radius 2 is 1.89 bits per heavy atom. The van der Waals surface area contributed by atoms with Crippen molar-refractivity contribution in [1.29, 1.82) is 0 Å². The number of hydrogen-bond donors (Lipinski definition) is 1. The Bertz CT molecular complexity index is 499. The standard InChI is InChI=1S/C11H16ClN3O2S/c12-10-5-6-13-9-11(10)14-18(16,17)15-7-3-1-2-4-8-15/h5-6,9,14H,1-4,7-8H2. The summed E-state index contributed by atoms with van der Waals surface area (Å²) in [6.07, 6.45) is 6.91. The molecule has 1 N–H and O–H groups in total. The maximum absolute atomic E-state index is 12.2. The minimum absolute atomic E-state index is 0.323. The van der Waals surface area contributed by atoms with Crippen LogP contribution in [-0.2, 0) is 10.2 Å². The summed E-state index contributed by atoms with van der Waals surface area (Å²) < 4.78 is 28.3. The van der Waals surface area contributed by atoms with Gasteiger partial charge in [0.25, 0.3) is 0 Å². The van der Waals surface area contributed by atoms with Gasteiger partial charge in [-0.2, -0.15) is 12.7 Å². The normalized spacial score (nSPS) is 18.3. The lowest BCUT2D eigenvalue weighted by Crippen LogP contribution is -2.36. The minimum atomic E-state index is -3.52. The quantitative estimate of drug-likeness (QED) is 0.928. The van der Waals surface area contributed by atoms with E-state index in [-0.39, 0.29) is 0 Å². The van der Waals surface area contributed by atoms with Crippen LogP contribution >= 0.6 is 11.6 Å². The molecule has 1 aromatic heterocycles. The molecule has 2 rings (SSSR count). The largest absolute Gasteiger partial charge is 0.301 e. The molecule has 0 radical (unpaired) electrons. The summed E-state index contributed by atoms with van der Waals surface area (Å²) in [7, 11) is -3.52. The summed E-state index contributed by atoms with van der Waals surface area (Å²) in [5.41, 5.74) is 0.323. The van der Waals surface area contributed by atoms with E-state index in [1.165, 1.54) is 16.7 Å². The predicted molar refractivity (Wildman–Crippen MR) is 71.8 cm³/mol. The van der Waals surface area contributed by atoms with Gasteiger partial charge < -0.3 is 0 Å². The van der Waals surface area contributed by atoms with Crippen LogP contribution in [0.1, 0.15) is 25.7 Å². The van der Waals surface area contributed by atoms with E-state index >= 15 is 0 Å². The zero-order chi connectivity index (χ0) is 13.0. The van der Waals surface area contributed by atoms with Gasteiger partial charge in [-0.15, -0.1) is 0 Å². The molecule has 1 fully saturated rings. The molecule has 1 aliphatic heterocycles. The lowest BCUT2D eigenvalue weighted by atomic mass is 10.2. The van der Waals surface area contributed by atoms with Gasteiger partial charge in [0, 0.05) is 19.3 Å². The highest BCUT2D eigenvalue weighted by atomic mass is 35.5. The second-order valence-electron chi connectivity index (χ2n) is 4.28. The zero-order valence-electron chi connectivity index (χ0n) is 9.97. The molecular weight excluding hydrogens is 274 g/mol. The SMILES string of the molecule is O=S(=O)(Nc1cnccc1Cl)N1CCCCCC1. The molecule has 0 amide bonds. The minimum Gasteiger partial charge on any atom is -0.268 e. The van der Waals surface area contributed by atoms with Crippen molar-refractivity contribution in [3.05, 3.63) is 23.5 Å². The first-order valence-corrected chi connectivity index (χ1v) is 7.79. The Kier molecular flexibility index (Phi) is 4.42. The van der Waals surface area contributed by atoms with Gasteiger partial charge in [-0.3, -0.25) is 9.71 Å². The molecule has 0 saturated carbocycles. The molecule has 0 bridgehead atoms. The average molecular weight is 290 g/mol. The molecule has 0 aliphatic carbocycles. The van der Waals surface area contributed by atoms with Crippen LogP contribution in [0.15, 0.2) is 18.5 Å². The van der Waals surface area contributed by atoms with Crippen molar-refractivity contribution in [3.63, 3.8) is 0 Å². The van der Waals surface area contributed by atoms with Gasteiger partial charge in [0.1, 0.15) is 0 Å². The summed E-state index contributed by atoms with van der Waals surface area (Å²) in [6, 6.07) is 1.56. The Morgan fingerprint density at radius 3 is 2.50 bits per heavy atom. The molecule has 0 unspecified atom stereocenters. The van der Waals surface area contributed by atoms with Gasteiger partial charge in [0.2, 0.25) is 0 Å². The molecule has 0 aromatic carbocycles. The van der Waals surface area contributed by atoms with Gasteiger partial charge in [0.15, 0.2) is 0 Å². The first-order valence-electron chi connectivity index (χ1n) is 5.97. The smallest absolute Gasteiger partial charge is 0.268 e. The molecule has 0 spiro atoms. The van der Waals surface area contributed by atoms with Crippen LogP contribution in [0, 0.1) is 0 Å². The third-order valence-electron chi connectivity index (χ3n) is 2.91. The van der Waals surface area contributed by atoms with Crippen LogP contribution in [0.2, 0.25) is 5.02 Å². The van der Waals surface area contributed by atoms with Crippen LogP contribution in [0.3, 0.4) is 0 Å². The summed E-state index contributed by atoms with van der Waals surface area (Å²) in [5.74, 6) is 0. The summed E-state index contributed by atoms with van der Waals surface area (Å²) in [4.78, 5) is 3.86. The fourth-order valence-electron chi connectivity index (χ4n) is 1.94. The van der Waals surface area contributed by atoms with Crippen molar-refractivity contribution in [2.24, 2.45) is 0 Å². The number of halogens is 1. The van der Waals surface area contributed by atoms with E-state index in [2.05, 4.69) is 9.71 Å². The van der Waals surface area contributed by atoms with E-state index in [4.69, 9.17) is 11.6 Å². The van der Waals surface area contributed by atoms with E-state index in [9.17, 15) is 8.42 Å². The summed E-state index contributed by atoms with van der Waals surface area (Å²) in [6.45, 7) is 1.13. The maximum atomic E-state index is 12.2. The highest BCUT2D eigenvalue weighted by Crippen LogP contribution is 2.22. The fourth-order valence-corrected chi connectivity index (χ4v) is 3.46. The highest BCUT2D eigenvalue weighted by molar-refractivity contribution is 7.90. The summed E-state index contributed by atoms with van der Waals surface area (Å²) >= 11 is 5.92. The van der Waals surface area contributed by atoms with E-state index in [0.717, 1.165) is 25.7 Å². The van der Waals surface area contributed by atoms with Crippen LogP contribution < -0.4 is 4.72 Å². The van der Waals surface area contributed by atoms with E-state index in [1.54, 1.807) is 6.07 Å². The first-order chi connectivity index (χ1) is 8.59. The van der Waals surface area contributed by atoms with Crippen LogP contribution in [-0.4, -0.2) is 30.8 Å². The molecule has 2 heterocycles. The van der Waals surface area contributed by atoms with Gasteiger partial charge >= 0.3 is 10.2 Å². The lowest BCUT2D eigenvalue weighted by molar-refractivity contribution is 0.427. The van der Waals surface area contributed by atoms with Crippen molar-refractivity contribution in [2.75, 3.05) is 17.8 Å². The third kappa shape index (κ3) is 3.34. The van der Waals surface area contributed by atoms with Crippen molar-refractivity contribution in [3.8, 4) is 0 Å². The van der Waals surface area contributed by atoms with Crippen LogP contribution in [0.5, 0.6) is 0 Å².